The van der Waals surface area contributed by atoms with Crippen LogP contribution in [-0.2, 0) is 9.59 Å². The number of para-hydroxylation sites is 1. The molecule has 0 spiro atoms. The van der Waals surface area contributed by atoms with Gasteiger partial charge in [0.15, 0.2) is 0 Å². The number of carbonyl (C=O) groups is 2. The van der Waals surface area contributed by atoms with E-state index >= 15 is 0 Å². The Kier molecular flexibility index (Phi) is 4.78. The molecule has 2 aromatic rings. The lowest BCUT2D eigenvalue weighted by Gasteiger charge is -2.28. The van der Waals surface area contributed by atoms with Crippen molar-refractivity contribution in [2.45, 2.75) is 0 Å². The Morgan fingerprint density at radius 3 is 2.39 bits per heavy atom. The number of thioether (sulfide) groups is 1. The van der Waals surface area contributed by atoms with Crippen molar-refractivity contribution in [2.75, 3.05) is 17.6 Å². The van der Waals surface area contributed by atoms with Gasteiger partial charge in [0.05, 0.1) is 11.4 Å². The molecule has 0 fully saturated rings. The summed E-state index contributed by atoms with van der Waals surface area (Å²) in [6.07, 6.45) is 0. The van der Waals surface area contributed by atoms with Crippen LogP contribution < -0.4 is 5.32 Å². The molecule has 1 N–H and O–H groups in total. The molecule has 23 heavy (non-hydrogen) atoms. The summed E-state index contributed by atoms with van der Waals surface area (Å²) in [6, 6.07) is 18.9. The van der Waals surface area contributed by atoms with Crippen LogP contribution >= 0.6 is 11.8 Å². The molecule has 0 atom stereocenters. The third kappa shape index (κ3) is 3.81. The van der Waals surface area contributed by atoms with Gasteiger partial charge in [-0.15, -0.1) is 11.8 Å². The normalized spacial score (nSPS) is 14.3. The fourth-order valence-electron chi connectivity index (χ4n) is 2.34. The third-order valence-corrected chi connectivity index (χ3v) is 4.23. The highest BCUT2D eigenvalue weighted by atomic mass is 32.2. The largest absolute Gasteiger partial charge is 0.325 e. The first kappa shape index (κ1) is 15.4. The molecule has 5 heteroatoms. The standard InChI is InChI=1S/C18H16N2O2S/c21-17(19-15-9-5-2-6-10-15)11-20-16(12-23-13-18(20)22)14-7-3-1-4-8-14/h1-10,12H,11,13H2,(H,19,21). The average Bonchev–Trinajstić information content (AvgIpc) is 2.58. The smallest absolute Gasteiger partial charge is 0.244 e. The minimum atomic E-state index is -0.210. The van der Waals surface area contributed by atoms with Crippen LogP contribution in [-0.4, -0.2) is 29.0 Å². The van der Waals surface area contributed by atoms with Gasteiger partial charge in [-0.25, -0.2) is 0 Å². The molecule has 1 aliphatic heterocycles. The summed E-state index contributed by atoms with van der Waals surface area (Å²) in [5.41, 5.74) is 2.43. The molecule has 2 aromatic carbocycles. The summed E-state index contributed by atoms with van der Waals surface area (Å²) in [6.45, 7) is 0.00894. The van der Waals surface area contributed by atoms with Crippen molar-refractivity contribution in [3.05, 3.63) is 71.6 Å². The summed E-state index contributed by atoms with van der Waals surface area (Å²) in [5, 5.41) is 4.75. The van der Waals surface area contributed by atoms with Gasteiger partial charge in [-0.2, -0.15) is 0 Å². The second-order valence-electron chi connectivity index (χ2n) is 5.07. The number of amides is 2. The molecule has 0 saturated heterocycles. The highest BCUT2D eigenvalue weighted by Crippen LogP contribution is 2.27. The Morgan fingerprint density at radius 2 is 1.70 bits per heavy atom. The number of benzene rings is 2. The average molecular weight is 324 g/mol. The van der Waals surface area contributed by atoms with Crippen LogP contribution in [0.4, 0.5) is 5.69 Å². The molecule has 4 nitrogen and oxygen atoms in total. The van der Waals surface area contributed by atoms with Gasteiger partial charge in [0, 0.05) is 5.69 Å². The first-order valence-corrected chi connectivity index (χ1v) is 8.31. The van der Waals surface area contributed by atoms with Crippen molar-refractivity contribution in [2.24, 2.45) is 0 Å². The topological polar surface area (TPSA) is 49.4 Å². The van der Waals surface area contributed by atoms with E-state index in [1.807, 2.05) is 66.1 Å². The summed E-state index contributed by atoms with van der Waals surface area (Å²) < 4.78 is 0. The van der Waals surface area contributed by atoms with Crippen molar-refractivity contribution < 1.29 is 9.59 Å². The maximum absolute atomic E-state index is 12.3. The lowest BCUT2D eigenvalue weighted by Crippen LogP contribution is -2.39. The SMILES string of the molecule is O=C(CN1C(=O)CSC=C1c1ccccc1)Nc1ccccc1. The van der Waals surface area contributed by atoms with Crippen LogP contribution in [0.15, 0.2) is 66.1 Å². The quantitative estimate of drug-likeness (QED) is 0.939. The van der Waals surface area contributed by atoms with Gasteiger partial charge in [-0.05, 0) is 23.1 Å². The van der Waals surface area contributed by atoms with Gasteiger partial charge in [0.1, 0.15) is 6.54 Å². The molecule has 0 saturated carbocycles. The van der Waals surface area contributed by atoms with Crippen molar-refractivity contribution in [3.63, 3.8) is 0 Å². The van der Waals surface area contributed by atoms with E-state index in [9.17, 15) is 9.59 Å². The number of rotatable bonds is 4. The first-order chi connectivity index (χ1) is 11.2. The van der Waals surface area contributed by atoms with Crippen molar-refractivity contribution in [1.82, 2.24) is 4.90 Å². The maximum atomic E-state index is 12.3. The minimum Gasteiger partial charge on any atom is -0.325 e. The number of hydrogen-bond donors (Lipinski definition) is 1. The van der Waals surface area contributed by atoms with Crippen molar-refractivity contribution in [1.29, 1.82) is 0 Å². The molecular weight excluding hydrogens is 308 g/mol. The second kappa shape index (κ2) is 7.15. The van der Waals surface area contributed by atoms with Gasteiger partial charge in [-0.1, -0.05) is 48.5 Å². The number of nitrogens with zero attached hydrogens (tertiary/aromatic N) is 1. The fraction of sp³-hybridized carbons (Fsp3) is 0.111. The van der Waals surface area contributed by atoms with E-state index in [-0.39, 0.29) is 18.4 Å². The second-order valence-corrected chi connectivity index (χ2v) is 5.93. The van der Waals surface area contributed by atoms with Crippen molar-refractivity contribution >= 4 is 35.0 Å². The van der Waals surface area contributed by atoms with Crippen LogP contribution in [0.2, 0.25) is 0 Å². The Hall–Kier alpha value is -2.53. The van der Waals surface area contributed by atoms with Crippen LogP contribution in [0.25, 0.3) is 5.70 Å². The summed E-state index contributed by atoms with van der Waals surface area (Å²) in [7, 11) is 0. The number of carbonyl (C=O) groups excluding carboxylic acids is 2. The van der Waals surface area contributed by atoms with E-state index in [1.165, 1.54) is 11.8 Å². The van der Waals surface area contributed by atoms with E-state index in [0.717, 1.165) is 16.9 Å². The molecule has 1 aliphatic rings. The Balaban J connectivity index is 1.76. The molecule has 0 aliphatic carbocycles. The van der Waals surface area contributed by atoms with Crippen LogP contribution in [0.3, 0.4) is 0 Å². The van der Waals surface area contributed by atoms with Gasteiger partial charge in [-0.3, -0.25) is 9.59 Å². The number of anilines is 1. The van der Waals surface area contributed by atoms with E-state index in [1.54, 1.807) is 4.90 Å². The highest BCUT2D eigenvalue weighted by Gasteiger charge is 2.25. The van der Waals surface area contributed by atoms with Crippen LogP contribution in [0, 0.1) is 0 Å². The predicted octanol–water partition coefficient (Wildman–Crippen LogP) is 3.20. The molecule has 0 bridgehead atoms. The molecule has 0 unspecified atom stereocenters. The molecule has 0 aromatic heterocycles. The number of nitrogens with one attached hydrogen (secondary N) is 1. The monoisotopic (exact) mass is 324 g/mol. The summed E-state index contributed by atoms with van der Waals surface area (Å²) in [4.78, 5) is 26.1. The summed E-state index contributed by atoms with van der Waals surface area (Å²) in [5.74, 6) is 0.0902. The molecule has 2 amide bonds. The van der Waals surface area contributed by atoms with Gasteiger partial charge in [0.2, 0.25) is 11.8 Å². The Labute approximate surface area is 139 Å². The van der Waals surface area contributed by atoms with E-state index in [4.69, 9.17) is 0 Å². The highest BCUT2D eigenvalue weighted by molar-refractivity contribution is 8.03. The molecule has 116 valence electrons. The minimum absolute atomic E-state index is 0.00894. The Morgan fingerprint density at radius 1 is 1.04 bits per heavy atom. The van der Waals surface area contributed by atoms with Gasteiger partial charge >= 0.3 is 0 Å². The molecule has 1 heterocycles. The lowest BCUT2D eigenvalue weighted by atomic mass is 10.1. The molecule has 0 radical (unpaired) electrons. The van der Waals surface area contributed by atoms with E-state index < -0.39 is 0 Å². The van der Waals surface area contributed by atoms with E-state index in [2.05, 4.69) is 5.32 Å². The van der Waals surface area contributed by atoms with Crippen LogP contribution in [0.1, 0.15) is 5.56 Å². The Bertz CT molecular complexity index is 729. The zero-order chi connectivity index (χ0) is 16.1. The molecular formula is C18H16N2O2S. The van der Waals surface area contributed by atoms with E-state index in [0.29, 0.717) is 5.75 Å². The van der Waals surface area contributed by atoms with Crippen LogP contribution in [0.5, 0.6) is 0 Å². The summed E-state index contributed by atoms with van der Waals surface area (Å²) >= 11 is 1.46. The first-order valence-electron chi connectivity index (χ1n) is 7.26. The number of hydrogen-bond acceptors (Lipinski definition) is 3. The van der Waals surface area contributed by atoms with Gasteiger partial charge < -0.3 is 10.2 Å². The van der Waals surface area contributed by atoms with Crippen molar-refractivity contribution in [3.8, 4) is 0 Å². The van der Waals surface area contributed by atoms with Gasteiger partial charge in [0.25, 0.3) is 0 Å². The third-order valence-electron chi connectivity index (χ3n) is 3.42. The molecule has 3 rings (SSSR count). The fourth-order valence-corrected chi connectivity index (χ4v) is 3.14. The lowest BCUT2D eigenvalue weighted by molar-refractivity contribution is -0.129. The predicted molar refractivity (Wildman–Crippen MR) is 93.7 cm³/mol. The zero-order valence-corrected chi connectivity index (χ0v) is 13.3. The zero-order valence-electron chi connectivity index (χ0n) is 12.4. The maximum Gasteiger partial charge on any atom is 0.244 e.